The average Bonchev–Trinajstić information content (AvgIpc) is 2.61. The SMILES string of the molecule is CC(=O)c1cc(C#N)c(SCC(=O)NCCc2ccc(F)cc2)nc1C. The molecule has 5 nitrogen and oxygen atoms in total. The molecule has 0 fully saturated rings. The van der Waals surface area contributed by atoms with Crippen molar-refractivity contribution in [2.45, 2.75) is 25.3 Å². The maximum Gasteiger partial charge on any atom is 0.230 e. The van der Waals surface area contributed by atoms with E-state index < -0.39 is 0 Å². The first-order valence-electron chi connectivity index (χ1n) is 7.97. The molecule has 0 radical (unpaired) electrons. The van der Waals surface area contributed by atoms with E-state index in [0.29, 0.717) is 29.2 Å². The second-order valence-electron chi connectivity index (χ2n) is 5.66. The third-order valence-corrected chi connectivity index (χ3v) is 4.66. The average molecular weight is 371 g/mol. The summed E-state index contributed by atoms with van der Waals surface area (Å²) in [7, 11) is 0. The summed E-state index contributed by atoms with van der Waals surface area (Å²) < 4.78 is 12.8. The van der Waals surface area contributed by atoms with Gasteiger partial charge in [0, 0.05) is 17.8 Å². The lowest BCUT2D eigenvalue weighted by atomic mass is 10.1. The number of nitrogens with zero attached hydrogens (tertiary/aromatic N) is 2. The van der Waals surface area contributed by atoms with Crippen molar-refractivity contribution in [1.29, 1.82) is 5.26 Å². The molecule has 0 atom stereocenters. The third-order valence-electron chi connectivity index (χ3n) is 3.67. The van der Waals surface area contributed by atoms with E-state index in [-0.39, 0.29) is 28.8 Å². The number of carbonyl (C=O) groups excluding carboxylic acids is 2. The van der Waals surface area contributed by atoms with Crippen LogP contribution >= 0.6 is 11.8 Å². The van der Waals surface area contributed by atoms with Gasteiger partial charge in [0.2, 0.25) is 5.91 Å². The second-order valence-corrected chi connectivity index (χ2v) is 6.62. The molecule has 0 saturated carbocycles. The molecule has 134 valence electrons. The van der Waals surface area contributed by atoms with E-state index in [1.165, 1.54) is 25.1 Å². The minimum Gasteiger partial charge on any atom is -0.355 e. The highest BCUT2D eigenvalue weighted by Gasteiger charge is 2.14. The Balaban J connectivity index is 1.89. The highest BCUT2D eigenvalue weighted by atomic mass is 32.2. The number of rotatable bonds is 7. The largest absolute Gasteiger partial charge is 0.355 e. The lowest BCUT2D eigenvalue weighted by Crippen LogP contribution is -2.27. The molecule has 0 aliphatic carbocycles. The van der Waals surface area contributed by atoms with Gasteiger partial charge in [0.15, 0.2) is 5.78 Å². The van der Waals surface area contributed by atoms with E-state index in [0.717, 1.165) is 17.3 Å². The van der Waals surface area contributed by atoms with Gasteiger partial charge < -0.3 is 5.32 Å². The number of aromatic nitrogens is 1. The van der Waals surface area contributed by atoms with Gasteiger partial charge in [0.1, 0.15) is 16.9 Å². The number of amides is 1. The summed E-state index contributed by atoms with van der Waals surface area (Å²) in [4.78, 5) is 27.8. The van der Waals surface area contributed by atoms with Crippen LogP contribution in [0.3, 0.4) is 0 Å². The Morgan fingerprint density at radius 3 is 2.62 bits per heavy atom. The molecule has 0 spiro atoms. The van der Waals surface area contributed by atoms with Crippen LogP contribution in [0.15, 0.2) is 35.4 Å². The molecular formula is C19H18FN3O2S. The van der Waals surface area contributed by atoms with Gasteiger partial charge in [-0.3, -0.25) is 9.59 Å². The molecule has 0 aliphatic rings. The number of aryl methyl sites for hydroxylation is 1. The van der Waals surface area contributed by atoms with Crippen LogP contribution in [0.25, 0.3) is 0 Å². The number of benzene rings is 1. The molecule has 2 rings (SSSR count). The van der Waals surface area contributed by atoms with Crippen molar-refractivity contribution in [1.82, 2.24) is 10.3 Å². The van der Waals surface area contributed by atoms with E-state index in [1.54, 1.807) is 19.1 Å². The molecule has 7 heteroatoms. The molecular weight excluding hydrogens is 353 g/mol. The lowest BCUT2D eigenvalue weighted by Gasteiger charge is -2.08. The highest BCUT2D eigenvalue weighted by molar-refractivity contribution is 8.00. The van der Waals surface area contributed by atoms with Gasteiger partial charge in [-0.2, -0.15) is 5.26 Å². The standard InChI is InChI=1S/C19H18FN3O2S/c1-12-17(13(2)24)9-15(10-21)19(23-12)26-11-18(25)22-8-7-14-3-5-16(20)6-4-14/h3-6,9H,7-8,11H2,1-2H3,(H,22,25). The molecule has 2 aromatic rings. The number of pyridine rings is 1. The van der Waals surface area contributed by atoms with Crippen LogP contribution in [0.1, 0.15) is 34.1 Å². The number of Topliss-reactive ketones (excluding diaryl/α,β-unsaturated/α-hetero) is 1. The van der Waals surface area contributed by atoms with Gasteiger partial charge in [0.25, 0.3) is 0 Å². The number of hydrogen-bond donors (Lipinski definition) is 1. The van der Waals surface area contributed by atoms with Crippen LogP contribution in [-0.4, -0.2) is 29.0 Å². The summed E-state index contributed by atoms with van der Waals surface area (Å²) in [6, 6.07) is 9.65. The van der Waals surface area contributed by atoms with E-state index >= 15 is 0 Å². The molecule has 1 aromatic carbocycles. The van der Waals surface area contributed by atoms with Gasteiger partial charge in [0.05, 0.1) is 11.3 Å². The fraction of sp³-hybridized carbons (Fsp3) is 0.263. The first-order chi connectivity index (χ1) is 12.4. The van der Waals surface area contributed by atoms with Gasteiger partial charge >= 0.3 is 0 Å². The second kappa shape index (κ2) is 9.11. The Labute approximate surface area is 155 Å². The van der Waals surface area contributed by atoms with Gasteiger partial charge in [-0.25, -0.2) is 9.37 Å². The maximum atomic E-state index is 12.8. The normalized spacial score (nSPS) is 10.2. The zero-order chi connectivity index (χ0) is 19.1. The van der Waals surface area contributed by atoms with Crippen molar-refractivity contribution in [2.75, 3.05) is 12.3 Å². The fourth-order valence-corrected chi connectivity index (χ4v) is 3.14. The third kappa shape index (κ3) is 5.39. The minimum absolute atomic E-state index is 0.115. The Kier molecular flexibility index (Phi) is 6.87. The number of halogens is 1. The van der Waals surface area contributed by atoms with E-state index in [2.05, 4.69) is 10.3 Å². The molecule has 0 aliphatic heterocycles. The van der Waals surface area contributed by atoms with Crippen LogP contribution in [-0.2, 0) is 11.2 Å². The van der Waals surface area contributed by atoms with E-state index in [1.807, 2.05) is 6.07 Å². The van der Waals surface area contributed by atoms with Crippen LogP contribution < -0.4 is 5.32 Å². The summed E-state index contributed by atoms with van der Waals surface area (Å²) in [5, 5.41) is 12.4. The van der Waals surface area contributed by atoms with Crippen molar-refractivity contribution in [2.24, 2.45) is 0 Å². The minimum atomic E-state index is -0.291. The van der Waals surface area contributed by atoms with Crippen LogP contribution in [0, 0.1) is 24.1 Å². The molecule has 0 bridgehead atoms. The molecule has 0 unspecified atom stereocenters. The Bertz CT molecular complexity index is 860. The van der Waals surface area contributed by atoms with Crippen LogP contribution in [0.2, 0.25) is 0 Å². The molecule has 0 saturated heterocycles. The summed E-state index contributed by atoms with van der Waals surface area (Å²) in [6.45, 7) is 3.56. The van der Waals surface area contributed by atoms with E-state index in [4.69, 9.17) is 0 Å². The van der Waals surface area contributed by atoms with Gasteiger partial charge in [-0.05, 0) is 44.0 Å². The summed E-state index contributed by atoms with van der Waals surface area (Å²) in [5.74, 6) is -0.511. The first kappa shape index (κ1) is 19.6. The molecule has 1 aromatic heterocycles. The number of hydrogen-bond acceptors (Lipinski definition) is 5. The summed E-state index contributed by atoms with van der Waals surface area (Å²) >= 11 is 1.16. The zero-order valence-electron chi connectivity index (χ0n) is 14.5. The maximum absolute atomic E-state index is 12.8. The summed E-state index contributed by atoms with van der Waals surface area (Å²) in [6.07, 6.45) is 0.602. The zero-order valence-corrected chi connectivity index (χ0v) is 15.3. The predicted octanol–water partition coefficient (Wildman–Crippen LogP) is 3.05. The molecule has 1 amide bonds. The predicted molar refractivity (Wildman–Crippen MR) is 97.5 cm³/mol. The number of nitriles is 1. The van der Waals surface area contributed by atoms with Gasteiger partial charge in [-0.1, -0.05) is 23.9 Å². The van der Waals surface area contributed by atoms with E-state index in [9.17, 15) is 19.2 Å². The van der Waals surface area contributed by atoms with Crippen LogP contribution in [0.4, 0.5) is 4.39 Å². The Morgan fingerprint density at radius 1 is 1.31 bits per heavy atom. The number of ketones is 1. The first-order valence-corrected chi connectivity index (χ1v) is 8.96. The number of thioether (sulfide) groups is 1. The topological polar surface area (TPSA) is 82.8 Å². The lowest BCUT2D eigenvalue weighted by molar-refractivity contribution is -0.118. The highest BCUT2D eigenvalue weighted by Crippen LogP contribution is 2.22. The van der Waals surface area contributed by atoms with Crippen molar-refractivity contribution in [3.8, 4) is 6.07 Å². The van der Waals surface area contributed by atoms with Gasteiger partial charge in [-0.15, -0.1) is 0 Å². The van der Waals surface area contributed by atoms with Crippen molar-refractivity contribution < 1.29 is 14.0 Å². The Hall–Kier alpha value is -2.72. The Morgan fingerprint density at radius 2 is 2.00 bits per heavy atom. The molecule has 1 heterocycles. The molecule has 26 heavy (non-hydrogen) atoms. The van der Waals surface area contributed by atoms with Crippen molar-refractivity contribution >= 4 is 23.5 Å². The monoisotopic (exact) mass is 371 g/mol. The summed E-state index contributed by atoms with van der Waals surface area (Å²) in [5.41, 5.74) is 2.17. The number of nitrogens with one attached hydrogen (secondary N) is 1. The smallest absolute Gasteiger partial charge is 0.230 e. The quantitative estimate of drug-likeness (QED) is 0.597. The number of carbonyl (C=O) groups is 2. The van der Waals surface area contributed by atoms with Crippen molar-refractivity contribution in [3.05, 3.63) is 58.5 Å². The molecule has 1 N–H and O–H groups in total. The van der Waals surface area contributed by atoms with Crippen molar-refractivity contribution in [3.63, 3.8) is 0 Å². The van der Waals surface area contributed by atoms with Crippen LogP contribution in [0.5, 0.6) is 0 Å². The fourth-order valence-electron chi connectivity index (χ4n) is 2.31.